The maximum Gasteiger partial charge on any atom is 0.269 e. The van der Waals surface area contributed by atoms with E-state index in [-0.39, 0.29) is 16.9 Å². The number of hydrogen-bond donors (Lipinski definition) is 3. The minimum atomic E-state index is -0.372. The first-order valence-corrected chi connectivity index (χ1v) is 8.07. The van der Waals surface area contributed by atoms with E-state index in [4.69, 9.17) is 17.0 Å². The van der Waals surface area contributed by atoms with E-state index in [0.717, 1.165) is 5.56 Å². The van der Waals surface area contributed by atoms with Gasteiger partial charge >= 0.3 is 0 Å². The number of carbonyl (C=O) groups is 2. The average molecular weight is 357 g/mol. The zero-order chi connectivity index (χ0) is 18.1. The molecule has 2 amide bonds. The Morgan fingerprint density at radius 2 is 1.68 bits per heavy atom. The fourth-order valence-electron chi connectivity index (χ4n) is 2.05. The van der Waals surface area contributed by atoms with Crippen molar-refractivity contribution in [3.63, 3.8) is 0 Å². The molecule has 2 rings (SSSR count). The number of aryl methyl sites for hydroxylation is 1. The second-order valence-corrected chi connectivity index (χ2v) is 5.58. The summed E-state index contributed by atoms with van der Waals surface area (Å²) in [7, 11) is 1.55. The molecule has 3 N–H and O–H groups in total. The van der Waals surface area contributed by atoms with Crippen LogP contribution in [0.25, 0.3) is 0 Å². The highest BCUT2D eigenvalue weighted by Gasteiger charge is 2.08. The number of ether oxygens (including phenoxy) is 1. The van der Waals surface area contributed by atoms with E-state index in [1.54, 1.807) is 31.4 Å². The number of methoxy groups -OCH3 is 1. The first-order valence-electron chi connectivity index (χ1n) is 7.66. The largest absolute Gasteiger partial charge is 0.497 e. The third-order valence-electron chi connectivity index (χ3n) is 3.38. The molecule has 0 saturated heterocycles. The van der Waals surface area contributed by atoms with Crippen molar-refractivity contribution in [2.45, 2.75) is 12.8 Å². The molecule has 130 valence electrons. The Bertz CT molecular complexity index is 733. The lowest BCUT2D eigenvalue weighted by atomic mass is 10.1. The normalized spacial score (nSPS) is 9.80. The molecule has 0 fully saturated rings. The smallest absolute Gasteiger partial charge is 0.269 e. The van der Waals surface area contributed by atoms with Crippen molar-refractivity contribution in [1.29, 1.82) is 0 Å². The first-order chi connectivity index (χ1) is 12.1. The summed E-state index contributed by atoms with van der Waals surface area (Å²) in [6.45, 7) is 0. The van der Waals surface area contributed by atoms with E-state index in [0.29, 0.717) is 24.2 Å². The molecular weight excluding hydrogens is 338 g/mol. The Kier molecular flexibility index (Phi) is 6.91. The van der Waals surface area contributed by atoms with Crippen LogP contribution in [0.2, 0.25) is 0 Å². The molecule has 0 radical (unpaired) electrons. The van der Waals surface area contributed by atoms with E-state index in [9.17, 15) is 9.59 Å². The lowest BCUT2D eigenvalue weighted by molar-refractivity contribution is -0.119. The van der Waals surface area contributed by atoms with Gasteiger partial charge in [-0.2, -0.15) is 0 Å². The standard InChI is InChI=1S/C18H19N3O3S/c1-24-15-10-8-14(9-11-15)17(23)20-21-18(25)19-16(22)12-7-13-5-3-2-4-6-13/h2-6,8-11H,7,12H2,1H3,(H,20,23)(H2,19,21,22,25). The molecule has 0 aliphatic carbocycles. The number of thiocarbonyl (C=S) groups is 1. The van der Waals surface area contributed by atoms with Crippen molar-refractivity contribution in [1.82, 2.24) is 16.2 Å². The van der Waals surface area contributed by atoms with Crippen molar-refractivity contribution in [3.8, 4) is 5.75 Å². The summed E-state index contributed by atoms with van der Waals surface area (Å²) in [6.07, 6.45) is 0.922. The highest BCUT2D eigenvalue weighted by Crippen LogP contribution is 2.10. The average Bonchev–Trinajstić information content (AvgIpc) is 2.65. The molecule has 0 heterocycles. The second kappa shape index (κ2) is 9.39. The van der Waals surface area contributed by atoms with Crippen LogP contribution in [0.15, 0.2) is 54.6 Å². The third-order valence-corrected chi connectivity index (χ3v) is 3.58. The molecule has 0 unspecified atom stereocenters. The number of amides is 2. The van der Waals surface area contributed by atoms with Gasteiger partial charge in [-0.15, -0.1) is 0 Å². The van der Waals surface area contributed by atoms with Crippen LogP contribution < -0.4 is 20.9 Å². The summed E-state index contributed by atoms with van der Waals surface area (Å²) in [5, 5.41) is 2.56. The Hall–Kier alpha value is -2.93. The number of hydrogen-bond acceptors (Lipinski definition) is 4. The van der Waals surface area contributed by atoms with E-state index < -0.39 is 0 Å². The maximum absolute atomic E-state index is 12.0. The summed E-state index contributed by atoms with van der Waals surface area (Å²) in [4.78, 5) is 23.8. The van der Waals surface area contributed by atoms with Crippen LogP contribution in [-0.4, -0.2) is 24.0 Å². The molecule has 2 aromatic rings. The van der Waals surface area contributed by atoms with Crippen LogP contribution in [0, 0.1) is 0 Å². The summed E-state index contributed by atoms with van der Waals surface area (Å²) in [5.41, 5.74) is 6.45. The fourth-order valence-corrected chi connectivity index (χ4v) is 2.22. The van der Waals surface area contributed by atoms with Gasteiger partial charge in [0, 0.05) is 12.0 Å². The number of benzene rings is 2. The van der Waals surface area contributed by atoms with Gasteiger partial charge in [-0.25, -0.2) is 0 Å². The highest BCUT2D eigenvalue weighted by atomic mass is 32.1. The molecule has 0 aliphatic rings. The molecule has 2 aromatic carbocycles. The van der Waals surface area contributed by atoms with Crippen LogP contribution in [0.4, 0.5) is 0 Å². The molecule has 6 nitrogen and oxygen atoms in total. The van der Waals surface area contributed by atoms with E-state index >= 15 is 0 Å². The summed E-state index contributed by atoms with van der Waals surface area (Å²) >= 11 is 4.99. The Labute approximate surface area is 151 Å². The van der Waals surface area contributed by atoms with E-state index in [1.807, 2.05) is 30.3 Å². The SMILES string of the molecule is COc1ccc(C(=O)NNC(=S)NC(=O)CCc2ccccc2)cc1. The first kappa shape index (κ1) is 18.4. The predicted molar refractivity (Wildman–Crippen MR) is 99.1 cm³/mol. The van der Waals surface area contributed by atoms with Gasteiger partial charge in [-0.05, 0) is 48.5 Å². The van der Waals surface area contributed by atoms with Gasteiger partial charge in [0.15, 0.2) is 5.11 Å². The molecule has 0 aliphatic heterocycles. The zero-order valence-corrected chi connectivity index (χ0v) is 14.6. The van der Waals surface area contributed by atoms with Crippen LogP contribution in [0.5, 0.6) is 5.75 Å². The van der Waals surface area contributed by atoms with Gasteiger partial charge in [0.2, 0.25) is 5.91 Å². The third kappa shape index (κ3) is 6.23. The number of nitrogens with one attached hydrogen (secondary N) is 3. The lowest BCUT2D eigenvalue weighted by Crippen LogP contribution is -2.48. The van der Waals surface area contributed by atoms with Gasteiger partial charge in [0.05, 0.1) is 7.11 Å². The van der Waals surface area contributed by atoms with Crippen molar-refractivity contribution < 1.29 is 14.3 Å². The maximum atomic E-state index is 12.0. The minimum Gasteiger partial charge on any atom is -0.497 e. The summed E-state index contributed by atoms with van der Waals surface area (Å²) < 4.78 is 5.03. The van der Waals surface area contributed by atoms with Gasteiger partial charge in [-0.3, -0.25) is 20.4 Å². The molecule has 0 atom stereocenters. The quantitative estimate of drug-likeness (QED) is 0.563. The Morgan fingerprint density at radius 1 is 1.00 bits per heavy atom. The molecule has 0 spiro atoms. The fraction of sp³-hybridized carbons (Fsp3) is 0.167. The van der Waals surface area contributed by atoms with Gasteiger partial charge < -0.3 is 10.1 Å². The monoisotopic (exact) mass is 357 g/mol. The topological polar surface area (TPSA) is 79.5 Å². The van der Waals surface area contributed by atoms with Crippen molar-refractivity contribution >= 4 is 29.1 Å². The molecule has 0 saturated carbocycles. The predicted octanol–water partition coefficient (Wildman–Crippen LogP) is 1.96. The number of hydrazine groups is 1. The highest BCUT2D eigenvalue weighted by molar-refractivity contribution is 7.80. The van der Waals surface area contributed by atoms with Crippen molar-refractivity contribution in [2.24, 2.45) is 0 Å². The Morgan fingerprint density at radius 3 is 2.32 bits per heavy atom. The molecular formula is C18H19N3O3S. The summed E-state index contributed by atoms with van der Waals surface area (Å²) in [5.74, 6) is 0.0642. The van der Waals surface area contributed by atoms with Crippen molar-refractivity contribution in [3.05, 3.63) is 65.7 Å². The van der Waals surface area contributed by atoms with Crippen LogP contribution in [0.3, 0.4) is 0 Å². The van der Waals surface area contributed by atoms with E-state index in [2.05, 4.69) is 16.2 Å². The van der Waals surface area contributed by atoms with Crippen LogP contribution in [-0.2, 0) is 11.2 Å². The lowest BCUT2D eigenvalue weighted by Gasteiger charge is -2.11. The molecule has 0 bridgehead atoms. The van der Waals surface area contributed by atoms with Gasteiger partial charge in [0.25, 0.3) is 5.91 Å². The second-order valence-electron chi connectivity index (χ2n) is 5.17. The molecule has 7 heteroatoms. The summed E-state index contributed by atoms with van der Waals surface area (Å²) in [6, 6.07) is 16.3. The minimum absolute atomic E-state index is 0.0416. The van der Waals surface area contributed by atoms with E-state index in [1.165, 1.54) is 0 Å². The van der Waals surface area contributed by atoms with Gasteiger partial charge in [0.1, 0.15) is 5.75 Å². The molecule has 25 heavy (non-hydrogen) atoms. The Balaban J connectivity index is 1.72. The van der Waals surface area contributed by atoms with Gasteiger partial charge in [-0.1, -0.05) is 30.3 Å². The van der Waals surface area contributed by atoms with Crippen LogP contribution in [0.1, 0.15) is 22.3 Å². The number of carbonyl (C=O) groups excluding carboxylic acids is 2. The van der Waals surface area contributed by atoms with Crippen molar-refractivity contribution in [2.75, 3.05) is 7.11 Å². The zero-order valence-electron chi connectivity index (χ0n) is 13.7. The van der Waals surface area contributed by atoms with Crippen LogP contribution >= 0.6 is 12.2 Å². The number of rotatable bonds is 5. The molecule has 0 aromatic heterocycles.